The van der Waals surface area contributed by atoms with E-state index in [1.54, 1.807) is 25.7 Å². The zero-order chi connectivity index (χ0) is 15.0. The number of nitrogens with two attached hydrogens (primary N) is 1. The number of nitrogens with zero attached hydrogens (tertiary/aromatic N) is 4. The van der Waals surface area contributed by atoms with Gasteiger partial charge < -0.3 is 15.4 Å². The van der Waals surface area contributed by atoms with Crippen molar-refractivity contribution in [2.24, 2.45) is 5.73 Å². The van der Waals surface area contributed by atoms with Gasteiger partial charge in [-0.3, -0.25) is 9.59 Å². The average molecular weight is 281 g/mol. The highest BCUT2D eigenvalue weighted by atomic mass is 16.5. The second-order valence-corrected chi connectivity index (χ2v) is 5.57. The van der Waals surface area contributed by atoms with Gasteiger partial charge in [-0.05, 0) is 20.8 Å². The molecule has 1 aromatic rings. The van der Waals surface area contributed by atoms with Gasteiger partial charge in [-0.25, -0.2) is 9.67 Å². The fourth-order valence-electron chi connectivity index (χ4n) is 2.17. The van der Waals surface area contributed by atoms with Crippen LogP contribution >= 0.6 is 0 Å². The Hall–Kier alpha value is -1.96. The first-order chi connectivity index (χ1) is 9.27. The predicted molar refractivity (Wildman–Crippen MR) is 69.5 cm³/mol. The van der Waals surface area contributed by atoms with Crippen LogP contribution in [-0.2, 0) is 19.9 Å². The first kappa shape index (κ1) is 14.4. The summed E-state index contributed by atoms with van der Waals surface area (Å²) in [5.41, 5.74) is 3.31. The van der Waals surface area contributed by atoms with Crippen LogP contribution in [0.4, 0.5) is 0 Å². The SMILES string of the molecule is CC(C)(C(=O)N1CCO[C@@](C)(C(N)=O)C1)n1cncn1. The number of hydrogen-bond acceptors (Lipinski definition) is 5. The Labute approximate surface area is 116 Å². The van der Waals surface area contributed by atoms with Gasteiger partial charge in [-0.2, -0.15) is 5.10 Å². The standard InChI is InChI=1S/C12H19N5O3/c1-11(2,17-8-14-7-15-17)10(19)16-4-5-20-12(3,6-16)9(13)18/h7-8H,4-6H2,1-3H3,(H2,13,18)/t12-/m1/s1. The fourth-order valence-corrected chi connectivity index (χ4v) is 2.17. The highest BCUT2D eigenvalue weighted by molar-refractivity contribution is 5.87. The van der Waals surface area contributed by atoms with E-state index in [0.717, 1.165) is 0 Å². The lowest BCUT2D eigenvalue weighted by molar-refractivity contribution is -0.164. The van der Waals surface area contributed by atoms with Crippen LogP contribution in [0.3, 0.4) is 0 Å². The van der Waals surface area contributed by atoms with Crippen molar-refractivity contribution in [1.82, 2.24) is 19.7 Å². The Morgan fingerprint density at radius 1 is 1.45 bits per heavy atom. The molecule has 2 N–H and O–H groups in total. The molecule has 110 valence electrons. The Kier molecular flexibility index (Phi) is 3.51. The van der Waals surface area contributed by atoms with Crippen molar-refractivity contribution in [2.45, 2.75) is 31.9 Å². The topological polar surface area (TPSA) is 103 Å². The van der Waals surface area contributed by atoms with Crippen LogP contribution in [0.2, 0.25) is 0 Å². The lowest BCUT2D eigenvalue weighted by Crippen LogP contribution is -2.61. The summed E-state index contributed by atoms with van der Waals surface area (Å²) in [5.74, 6) is -0.729. The molecule has 2 heterocycles. The Morgan fingerprint density at radius 3 is 2.70 bits per heavy atom. The minimum atomic E-state index is -1.15. The van der Waals surface area contributed by atoms with Gasteiger partial charge in [0, 0.05) is 6.54 Å². The largest absolute Gasteiger partial charge is 0.367 e. The Balaban J connectivity index is 2.19. The minimum Gasteiger partial charge on any atom is -0.367 e. The molecular formula is C12H19N5O3. The quantitative estimate of drug-likeness (QED) is 0.774. The van der Waals surface area contributed by atoms with Gasteiger partial charge in [0.25, 0.3) is 5.91 Å². The molecule has 1 aliphatic heterocycles. The van der Waals surface area contributed by atoms with Crippen molar-refractivity contribution in [3.8, 4) is 0 Å². The third kappa shape index (κ3) is 2.38. The first-order valence-corrected chi connectivity index (χ1v) is 6.36. The second-order valence-electron chi connectivity index (χ2n) is 5.57. The second kappa shape index (κ2) is 4.86. The van der Waals surface area contributed by atoms with E-state index in [-0.39, 0.29) is 19.1 Å². The molecule has 1 aliphatic rings. The first-order valence-electron chi connectivity index (χ1n) is 6.36. The summed E-state index contributed by atoms with van der Waals surface area (Å²) in [4.78, 5) is 29.5. The number of morpholine rings is 1. The van der Waals surface area contributed by atoms with Gasteiger partial charge in [-0.1, -0.05) is 0 Å². The summed E-state index contributed by atoms with van der Waals surface area (Å²) >= 11 is 0. The van der Waals surface area contributed by atoms with E-state index in [0.29, 0.717) is 6.54 Å². The monoisotopic (exact) mass is 281 g/mol. The average Bonchev–Trinajstić information content (AvgIpc) is 2.92. The molecule has 2 amide bonds. The molecule has 0 saturated carbocycles. The molecule has 20 heavy (non-hydrogen) atoms. The van der Waals surface area contributed by atoms with Gasteiger partial charge in [-0.15, -0.1) is 0 Å². The molecule has 1 aromatic heterocycles. The minimum absolute atomic E-state index is 0.138. The number of ether oxygens (including phenoxy) is 1. The van der Waals surface area contributed by atoms with Crippen LogP contribution in [0.15, 0.2) is 12.7 Å². The van der Waals surface area contributed by atoms with E-state index in [4.69, 9.17) is 10.5 Å². The highest BCUT2D eigenvalue weighted by Gasteiger charge is 2.43. The van der Waals surface area contributed by atoms with E-state index in [1.807, 2.05) is 0 Å². The molecule has 1 saturated heterocycles. The summed E-state index contributed by atoms with van der Waals surface area (Å²) < 4.78 is 6.90. The zero-order valence-corrected chi connectivity index (χ0v) is 11.9. The van der Waals surface area contributed by atoms with Crippen molar-refractivity contribution < 1.29 is 14.3 Å². The van der Waals surface area contributed by atoms with Crippen molar-refractivity contribution in [3.63, 3.8) is 0 Å². The molecule has 1 atom stereocenters. The molecular weight excluding hydrogens is 262 g/mol. The predicted octanol–water partition coefficient (Wildman–Crippen LogP) is -0.884. The van der Waals surface area contributed by atoms with Gasteiger partial charge in [0.1, 0.15) is 18.2 Å². The maximum absolute atomic E-state index is 12.7. The lowest BCUT2D eigenvalue weighted by Gasteiger charge is -2.41. The van der Waals surface area contributed by atoms with Gasteiger partial charge in [0.15, 0.2) is 5.60 Å². The summed E-state index contributed by atoms with van der Waals surface area (Å²) in [6, 6.07) is 0. The highest BCUT2D eigenvalue weighted by Crippen LogP contribution is 2.23. The molecule has 0 aromatic carbocycles. The number of primary amides is 1. The fraction of sp³-hybridized carbons (Fsp3) is 0.667. The van der Waals surface area contributed by atoms with Crippen LogP contribution < -0.4 is 5.73 Å². The number of aromatic nitrogens is 3. The van der Waals surface area contributed by atoms with Crippen LogP contribution in [0.25, 0.3) is 0 Å². The Morgan fingerprint density at radius 2 is 2.15 bits per heavy atom. The van der Waals surface area contributed by atoms with E-state index in [2.05, 4.69) is 10.1 Å². The molecule has 1 fully saturated rings. The zero-order valence-electron chi connectivity index (χ0n) is 11.9. The normalized spacial score (nSPS) is 23.6. The Bertz CT molecular complexity index is 513. The summed E-state index contributed by atoms with van der Waals surface area (Å²) in [7, 11) is 0. The van der Waals surface area contributed by atoms with Crippen molar-refractivity contribution in [2.75, 3.05) is 19.7 Å². The maximum Gasteiger partial charge on any atom is 0.251 e. The molecule has 8 heteroatoms. The van der Waals surface area contributed by atoms with E-state index >= 15 is 0 Å². The smallest absolute Gasteiger partial charge is 0.251 e. The molecule has 0 aliphatic carbocycles. The number of carbonyl (C=O) groups excluding carboxylic acids is 2. The van der Waals surface area contributed by atoms with Crippen LogP contribution in [0, 0.1) is 0 Å². The number of hydrogen-bond donors (Lipinski definition) is 1. The van der Waals surface area contributed by atoms with Gasteiger partial charge >= 0.3 is 0 Å². The summed E-state index contributed by atoms with van der Waals surface area (Å²) in [6.07, 6.45) is 2.87. The van der Waals surface area contributed by atoms with Crippen LogP contribution in [-0.4, -0.2) is 56.8 Å². The lowest BCUT2D eigenvalue weighted by atomic mass is 9.99. The third-order valence-electron chi connectivity index (χ3n) is 3.60. The number of rotatable bonds is 3. The van der Waals surface area contributed by atoms with Crippen LogP contribution in [0.5, 0.6) is 0 Å². The van der Waals surface area contributed by atoms with E-state index < -0.39 is 17.0 Å². The summed E-state index contributed by atoms with van der Waals surface area (Å²) in [6.45, 7) is 5.93. The molecule has 8 nitrogen and oxygen atoms in total. The maximum atomic E-state index is 12.7. The van der Waals surface area contributed by atoms with Gasteiger partial charge in [0.05, 0.1) is 13.2 Å². The van der Waals surface area contributed by atoms with Crippen molar-refractivity contribution >= 4 is 11.8 Å². The van der Waals surface area contributed by atoms with Crippen molar-refractivity contribution in [1.29, 1.82) is 0 Å². The molecule has 0 spiro atoms. The molecule has 0 radical (unpaired) electrons. The number of amides is 2. The molecule has 0 unspecified atom stereocenters. The van der Waals surface area contributed by atoms with E-state index in [9.17, 15) is 9.59 Å². The molecule has 0 bridgehead atoms. The third-order valence-corrected chi connectivity index (χ3v) is 3.60. The van der Waals surface area contributed by atoms with Crippen molar-refractivity contribution in [3.05, 3.63) is 12.7 Å². The molecule has 2 rings (SSSR count). The van der Waals surface area contributed by atoms with Gasteiger partial charge in [0.2, 0.25) is 5.91 Å². The number of carbonyl (C=O) groups is 2. The summed E-state index contributed by atoms with van der Waals surface area (Å²) in [5, 5.41) is 4.01. The van der Waals surface area contributed by atoms with E-state index in [1.165, 1.54) is 17.3 Å². The van der Waals surface area contributed by atoms with Crippen LogP contribution in [0.1, 0.15) is 20.8 Å².